The van der Waals surface area contributed by atoms with Gasteiger partial charge in [0, 0.05) is 0 Å². The number of hydrogen-bond donors (Lipinski definition) is 1. The minimum atomic E-state index is -2.92. The minimum Gasteiger partial charge on any atom is -0.436 e. The maximum Gasteiger partial charge on any atom is 0.298 e. The first-order valence-electron chi connectivity index (χ1n) is 6.44. The van der Waals surface area contributed by atoms with Crippen molar-refractivity contribution in [3.8, 4) is 5.75 Å². The Bertz CT molecular complexity index is 627. The lowest BCUT2D eigenvalue weighted by Gasteiger charge is -2.34. The van der Waals surface area contributed by atoms with Gasteiger partial charge in [0.05, 0.1) is 11.0 Å². The molecule has 1 heterocycles. The van der Waals surface area contributed by atoms with Crippen molar-refractivity contribution in [3.63, 3.8) is 0 Å². The minimum absolute atomic E-state index is 0.176. The third kappa shape index (κ3) is 2.04. The van der Waals surface area contributed by atoms with Crippen molar-refractivity contribution in [2.24, 2.45) is 0 Å². The largest absolute Gasteiger partial charge is 0.436 e. The summed E-state index contributed by atoms with van der Waals surface area (Å²) in [5, 5.41) is 4.12. The molecule has 19 heavy (non-hydrogen) atoms. The van der Waals surface area contributed by atoms with Crippen molar-refractivity contribution in [1.82, 2.24) is 0 Å². The molecule has 0 aliphatic carbocycles. The summed E-state index contributed by atoms with van der Waals surface area (Å²) in [4.78, 5) is 0. The Morgan fingerprint density at radius 2 is 1.79 bits per heavy atom. The van der Waals surface area contributed by atoms with Crippen LogP contribution >= 0.6 is 7.37 Å². The van der Waals surface area contributed by atoms with Crippen LogP contribution in [0.2, 0.25) is 0 Å². The number of anilines is 1. The molecule has 0 saturated carbocycles. The fourth-order valence-corrected chi connectivity index (χ4v) is 4.77. The summed E-state index contributed by atoms with van der Waals surface area (Å²) >= 11 is 0. The summed E-state index contributed by atoms with van der Waals surface area (Å²) in [6.07, 6.45) is 0.751. The van der Waals surface area contributed by atoms with Crippen molar-refractivity contribution >= 4 is 18.4 Å². The molecule has 0 amide bonds. The van der Waals surface area contributed by atoms with E-state index in [9.17, 15) is 4.57 Å². The smallest absolute Gasteiger partial charge is 0.298 e. The van der Waals surface area contributed by atoms with Gasteiger partial charge in [-0.25, -0.2) is 0 Å². The maximum absolute atomic E-state index is 13.3. The molecule has 2 aromatic carbocycles. The van der Waals surface area contributed by atoms with Gasteiger partial charge in [0.25, 0.3) is 7.37 Å². The van der Waals surface area contributed by atoms with Gasteiger partial charge in [0.2, 0.25) is 0 Å². The molecule has 1 aliphatic heterocycles. The van der Waals surface area contributed by atoms with Gasteiger partial charge in [-0.1, -0.05) is 37.3 Å². The second-order valence-corrected chi connectivity index (χ2v) is 7.10. The van der Waals surface area contributed by atoms with Crippen molar-refractivity contribution in [2.45, 2.75) is 19.1 Å². The number of hydrogen-bond acceptors (Lipinski definition) is 3. The van der Waals surface area contributed by atoms with Gasteiger partial charge in [0.15, 0.2) is 0 Å². The zero-order chi connectivity index (χ0) is 13.3. The van der Waals surface area contributed by atoms with E-state index in [1.165, 1.54) is 0 Å². The summed E-state index contributed by atoms with van der Waals surface area (Å²) in [5.41, 5.74) is 0.914. The van der Waals surface area contributed by atoms with Crippen LogP contribution in [-0.4, -0.2) is 5.78 Å². The molecule has 0 aromatic heterocycles. The van der Waals surface area contributed by atoms with Crippen molar-refractivity contribution in [1.29, 1.82) is 0 Å². The first-order chi connectivity index (χ1) is 9.24. The van der Waals surface area contributed by atoms with Gasteiger partial charge in [-0.2, -0.15) is 0 Å². The Morgan fingerprint density at radius 1 is 1.11 bits per heavy atom. The second-order valence-electron chi connectivity index (χ2n) is 4.59. The number of nitrogens with one attached hydrogen (secondary N) is 1. The zero-order valence-corrected chi connectivity index (χ0v) is 11.6. The van der Waals surface area contributed by atoms with E-state index >= 15 is 0 Å². The quantitative estimate of drug-likeness (QED) is 0.845. The SMILES string of the molecule is CC[C@H]1Nc2ccccc2O[P@]1(=O)c1ccccc1. The van der Waals surface area contributed by atoms with E-state index in [1.54, 1.807) is 0 Å². The van der Waals surface area contributed by atoms with Gasteiger partial charge in [-0.3, -0.25) is 4.57 Å². The molecule has 2 atom stereocenters. The third-order valence-electron chi connectivity index (χ3n) is 3.36. The predicted octanol–water partition coefficient (Wildman–Crippen LogP) is 3.83. The summed E-state index contributed by atoms with van der Waals surface area (Å²) in [6, 6.07) is 17.1. The van der Waals surface area contributed by atoms with E-state index in [-0.39, 0.29) is 5.78 Å². The Kier molecular flexibility index (Phi) is 3.08. The Balaban J connectivity index is 2.09. The molecule has 3 rings (SSSR count). The highest BCUT2D eigenvalue weighted by molar-refractivity contribution is 7.68. The maximum atomic E-state index is 13.3. The Morgan fingerprint density at radius 3 is 2.53 bits per heavy atom. The fourth-order valence-electron chi connectivity index (χ4n) is 2.35. The van der Waals surface area contributed by atoms with Crippen molar-refractivity contribution in [2.75, 3.05) is 5.32 Å². The van der Waals surface area contributed by atoms with E-state index in [1.807, 2.05) is 61.5 Å². The van der Waals surface area contributed by atoms with Crippen LogP contribution in [0.5, 0.6) is 5.75 Å². The third-order valence-corrected chi connectivity index (χ3v) is 6.16. The highest BCUT2D eigenvalue weighted by Gasteiger charge is 2.40. The van der Waals surface area contributed by atoms with Crippen LogP contribution in [0.1, 0.15) is 13.3 Å². The number of para-hydroxylation sites is 2. The van der Waals surface area contributed by atoms with Gasteiger partial charge in [-0.05, 0) is 30.7 Å². The molecule has 0 radical (unpaired) electrons. The van der Waals surface area contributed by atoms with Gasteiger partial charge in [-0.15, -0.1) is 0 Å². The number of benzene rings is 2. The summed E-state index contributed by atoms with van der Waals surface area (Å²) in [6.45, 7) is 2.02. The molecular weight excluding hydrogens is 257 g/mol. The van der Waals surface area contributed by atoms with Crippen LogP contribution in [0.4, 0.5) is 5.69 Å². The molecule has 0 saturated heterocycles. The zero-order valence-electron chi connectivity index (χ0n) is 10.7. The summed E-state index contributed by atoms with van der Waals surface area (Å²) in [7, 11) is -2.92. The normalized spacial score (nSPS) is 25.0. The lowest BCUT2D eigenvalue weighted by molar-refractivity contribution is 0.473. The molecule has 4 heteroatoms. The molecule has 1 aliphatic rings. The molecule has 0 fully saturated rings. The molecule has 1 N–H and O–H groups in total. The molecule has 0 bridgehead atoms. The standard InChI is InChI=1S/C15H16NO2P/c1-2-15-16-13-10-6-7-11-14(13)18-19(15,17)12-8-4-3-5-9-12/h3-11,15-16H,2H2,1H3/t15-,19+/m0/s1. The van der Waals surface area contributed by atoms with Crippen molar-refractivity contribution in [3.05, 3.63) is 54.6 Å². The number of fused-ring (bicyclic) bond motifs is 1. The fraction of sp³-hybridized carbons (Fsp3) is 0.200. The molecule has 2 aromatic rings. The van der Waals surface area contributed by atoms with Gasteiger partial charge < -0.3 is 9.84 Å². The predicted molar refractivity (Wildman–Crippen MR) is 78.5 cm³/mol. The van der Waals surface area contributed by atoms with Crippen LogP contribution < -0.4 is 15.1 Å². The average molecular weight is 273 g/mol. The first-order valence-corrected chi connectivity index (χ1v) is 8.14. The molecule has 0 unspecified atom stereocenters. The monoisotopic (exact) mass is 273 g/mol. The lowest BCUT2D eigenvalue weighted by atomic mass is 10.3. The highest BCUT2D eigenvalue weighted by Crippen LogP contribution is 2.56. The topological polar surface area (TPSA) is 38.3 Å². The van der Waals surface area contributed by atoms with Crippen LogP contribution in [0.3, 0.4) is 0 Å². The highest BCUT2D eigenvalue weighted by atomic mass is 31.2. The van der Waals surface area contributed by atoms with Gasteiger partial charge in [0.1, 0.15) is 11.5 Å². The van der Waals surface area contributed by atoms with Crippen LogP contribution in [0, 0.1) is 0 Å². The van der Waals surface area contributed by atoms with Gasteiger partial charge >= 0.3 is 0 Å². The van der Waals surface area contributed by atoms with E-state index in [4.69, 9.17) is 4.52 Å². The number of rotatable bonds is 2. The van der Waals surface area contributed by atoms with E-state index < -0.39 is 7.37 Å². The molecule has 98 valence electrons. The van der Waals surface area contributed by atoms with Crippen LogP contribution in [0.15, 0.2) is 54.6 Å². The summed E-state index contributed by atoms with van der Waals surface area (Å²) < 4.78 is 19.2. The average Bonchev–Trinajstić information content (AvgIpc) is 2.47. The van der Waals surface area contributed by atoms with Crippen LogP contribution in [-0.2, 0) is 4.57 Å². The van der Waals surface area contributed by atoms with E-state index in [0.717, 1.165) is 17.4 Å². The second kappa shape index (κ2) is 4.75. The van der Waals surface area contributed by atoms with E-state index in [0.29, 0.717) is 5.75 Å². The first kappa shape index (κ1) is 12.3. The molecular formula is C15H16NO2P. The van der Waals surface area contributed by atoms with Crippen molar-refractivity contribution < 1.29 is 9.09 Å². The summed E-state index contributed by atoms with van der Waals surface area (Å²) in [5.74, 6) is 0.490. The Labute approximate surface area is 113 Å². The molecule has 0 spiro atoms. The molecule has 3 nitrogen and oxygen atoms in total. The lowest BCUT2D eigenvalue weighted by Crippen LogP contribution is -2.31. The van der Waals surface area contributed by atoms with E-state index in [2.05, 4.69) is 5.32 Å². The Hall–Kier alpha value is -1.73. The van der Waals surface area contributed by atoms with Crippen LogP contribution in [0.25, 0.3) is 0 Å².